The van der Waals surface area contributed by atoms with Gasteiger partial charge in [0, 0.05) is 109 Å². The summed E-state index contributed by atoms with van der Waals surface area (Å²) in [7, 11) is 1.75. The molecule has 2 N–H and O–H groups in total. The summed E-state index contributed by atoms with van der Waals surface area (Å²) in [5, 5.41) is 8.60. The summed E-state index contributed by atoms with van der Waals surface area (Å²) in [6.45, 7) is 16.7. The Bertz CT molecular complexity index is 2740. The van der Waals surface area contributed by atoms with Gasteiger partial charge in [0.2, 0.25) is 5.91 Å². The molecule has 1 saturated carbocycles. The zero-order valence-electron chi connectivity index (χ0n) is 43.8. The van der Waals surface area contributed by atoms with E-state index in [0.717, 1.165) is 82.0 Å². The van der Waals surface area contributed by atoms with Gasteiger partial charge in [0.25, 0.3) is 5.91 Å². The number of nitrogens with zero attached hydrogens (tertiary/aromatic N) is 6. The van der Waals surface area contributed by atoms with Crippen LogP contribution in [-0.4, -0.2) is 164 Å². The Hall–Kier alpha value is -4.37. The molecule has 74 heavy (non-hydrogen) atoms. The first-order valence-corrected chi connectivity index (χ1v) is 28.3. The number of fused-ring (bicyclic) bond motifs is 6. The van der Waals surface area contributed by atoms with Crippen molar-refractivity contribution in [3.8, 4) is 22.5 Å². The van der Waals surface area contributed by atoms with Crippen molar-refractivity contribution in [2.24, 2.45) is 16.7 Å². The van der Waals surface area contributed by atoms with Crippen molar-refractivity contribution in [3.63, 3.8) is 0 Å². The highest BCUT2D eigenvalue weighted by Gasteiger charge is 2.55. The largest absolute Gasteiger partial charge is 0.464 e. The van der Waals surface area contributed by atoms with Crippen LogP contribution in [0.25, 0.3) is 33.4 Å². The van der Waals surface area contributed by atoms with Gasteiger partial charge in [-0.25, -0.2) is 10.4 Å². The molecule has 398 valence electrons. The molecule has 10 heterocycles. The van der Waals surface area contributed by atoms with Crippen LogP contribution in [0.4, 0.5) is 0 Å². The molecule has 0 radical (unpaired) electrons. The molecule has 2 amide bonds. The van der Waals surface area contributed by atoms with Gasteiger partial charge >= 0.3 is 5.97 Å². The summed E-state index contributed by atoms with van der Waals surface area (Å²) in [6.07, 6.45) is 8.33. The zero-order chi connectivity index (χ0) is 50.9. The highest BCUT2D eigenvalue weighted by molar-refractivity contribution is 7.10. The Morgan fingerprint density at radius 2 is 1.84 bits per heavy atom. The number of rotatable bonds is 12. The lowest BCUT2D eigenvalue weighted by Crippen LogP contribution is -2.70. The summed E-state index contributed by atoms with van der Waals surface area (Å²) in [6, 6.07) is 7.37. The molecular formula is C56H74N8O9S. The second-order valence-corrected chi connectivity index (χ2v) is 24.5. The molecule has 4 aromatic rings. The first-order chi connectivity index (χ1) is 35.8. The maximum absolute atomic E-state index is 15.2. The van der Waals surface area contributed by atoms with Gasteiger partial charge in [-0.3, -0.25) is 34.2 Å². The predicted molar refractivity (Wildman–Crippen MR) is 278 cm³/mol. The number of methoxy groups -OCH3 is 1. The van der Waals surface area contributed by atoms with Crippen molar-refractivity contribution in [2.75, 3.05) is 86.1 Å². The number of carbonyl (C=O) groups excluding carboxylic acids is 3. The van der Waals surface area contributed by atoms with Crippen LogP contribution in [0.5, 0.6) is 0 Å². The number of cyclic esters (lactones) is 1. The molecule has 12 rings (SSSR count). The van der Waals surface area contributed by atoms with E-state index in [9.17, 15) is 9.59 Å². The van der Waals surface area contributed by atoms with Gasteiger partial charge in [-0.1, -0.05) is 26.8 Å². The first kappa shape index (κ1) is 50.4. The monoisotopic (exact) mass is 1030 g/mol. The minimum Gasteiger partial charge on any atom is -0.464 e. The van der Waals surface area contributed by atoms with Crippen LogP contribution in [0.1, 0.15) is 113 Å². The lowest BCUT2D eigenvalue weighted by Gasteiger charge is -2.58. The molecule has 3 aromatic heterocycles. The predicted octanol–water partition coefficient (Wildman–Crippen LogP) is 6.20. The second kappa shape index (κ2) is 20.5. The van der Waals surface area contributed by atoms with E-state index in [1.54, 1.807) is 7.11 Å². The number of amides is 2. The molecule has 6 saturated heterocycles. The van der Waals surface area contributed by atoms with Crippen molar-refractivity contribution >= 4 is 40.0 Å². The fourth-order valence-electron chi connectivity index (χ4n) is 12.7. The van der Waals surface area contributed by atoms with E-state index < -0.39 is 35.6 Å². The van der Waals surface area contributed by atoms with E-state index in [1.807, 2.05) is 6.92 Å². The SMILES string of the molecule is CO[C@@H](C)c1ncc([C@@H]2CCN(C3CC3)C2)cc1-c1c2c3cc(ccc3n1CCOC1CCOCC1)-c1csc(n1)[C@@H](N1CC3(COC3)C1)[C@H](NC(=O)[C@@H]1OC[C@@H]1C)C(=O)N1CCC[C@H](N1)C(=O)OCC(C)(C)C2. The maximum Gasteiger partial charge on any atom is 0.324 e. The van der Waals surface area contributed by atoms with E-state index in [4.69, 9.17) is 38.4 Å². The van der Waals surface area contributed by atoms with Crippen molar-refractivity contribution in [1.82, 2.24) is 40.1 Å². The number of carbonyl (C=O) groups is 3. The summed E-state index contributed by atoms with van der Waals surface area (Å²) in [5.41, 5.74) is 10.9. The number of esters is 1. The van der Waals surface area contributed by atoms with Crippen LogP contribution < -0.4 is 10.7 Å². The van der Waals surface area contributed by atoms with Crippen LogP contribution >= 0.6 is 11.3 Å². The van der Waals surface area contributed by atoms with Crippen molar-refractivity contribution in [2.45, 2.75) is 134 Å². The molecule has 7 aliphatic heterocycles. The molecule has 6 bridgehead atoms. The van der Waals surface area contributed by atoms with Crippen LogP contribution in [0.2, 0.25) is 0 Å². The molecule has 1 aliphatic carbocycles. The molecule has 7 fully saturated rings. The fourth-order valence-corrected chi connectivity index (χ4v) is 13.7. The van der Waals surface area contributed by atoms with Gasteiger partial charge in [0.15, 0.2) is 0 Å². The third kappa shape index (κ3) is 9.85. The normalized spacial score (nSPS) is 29.1. The van der Waals surface area contributed by atoms with Gasteiger partial charge in [0.05, 0.1) is 68.4 Å². The minimum atomic E-state index is -1.03. The van der Waals surface area contributed by atoms with E-state index in [0.29, 0.717) is 97.0 Å². The van der Waals surface area contributed by atoms with E-state index >= 15 is 4.79 Å². The van der Waals surface area contributed by atoms with Gasteiger partial charge in [0.1, 0.15) is 23.2 Å². The Labute approximate surface area is 438 Å². The average molecular weight is 1040 g/mol. The standard InChI is InChI=1S/C56H74N8O9S/c1-33-26-72-50(33)51(65)59-47-49(62-28-56(29-62)31-70-32-56)52-58-44(27-74-52)35-8-11-45-40(21-35)42(23-55(3,4)30-73-54(67)43-7-6-15-64(60-43)53(47)66)48(63(45)17-20-71-39-13-18-69-19-14-39)41-22-37(24-57-46(41)34(2)68-5)36-12-16-61(25-36)38-9-10-38/h8,11,21-22,24,27,33-34,36,38-39,43,47,49-50,60H,6-7,9-10,12-20,23,25-26,28-32H2,1-5H3,(H,59,65)/t33-,34-,36+,43-,47-,49-,50+/m0/s1. The smallest absolute Gasteiger partial charge is 0.324 e. The quantitative estimate of drug-likeness (QED) is 0.154. The molecule has 1 spiro atoms. The highest BCUT2D eigenvalue weighted by atomic mass is 32.1. The Morgan fingerprint density at radius 1 is 1.01 bits per heavy atom. The summed E-state index contributed by atoms with van der Waals surface area (Å²) in [4.78, 5) is 59.3. The van der Waals surface area contributed by atoms with Crippen molar-refractivity contribution in [3.05, 3.63) is 57.7 Å². The van der Waals surface area contributed by atoms with Crippen LogP contribution in [0.3, 0.4) is 0 Å². The molecule has 0 unspecified atom stereocenters. The fraction of sp³-hybridized carbons (Fsp3) is 0.661. The number of pyridine rings is 1. The Balaban J connectivity index is 1.01. The van der Waals surface area contributed by atoms with Gasteiger partial charge < -0.3 is 38.3 Å². The summed E-state index contributed by atoms with van der Waals surface area (Å²) < 4.78 is 38.7. The van der Waals surface area contributed by atoms with E-state index in [-0.39, 0.29) is 42.0 Å². The van der Waals surface area contributed by atoms with Crippen LogP contribution in [0, 0.1) is 16.7 Å². The number of thiazole rings is 1. The molecule has 18 heteroatoms. The first-order valence-electron chi connectivity index (χ1n) is 27.4. The van der Waals surface area contributed by atoms with Gasteiger partial charge in [-0.05, 0) is 100 Å². The third-order valence-electron chi connectivity index (χ3n) is 17.2. The Morgan fingerprint density at radius 3 is 2.57 bits per heavy atom. The van der Waals surface area contributed by atoms with E-state index in [2.05, 4.69) is 81.7 Å². The molecular weight excluding hydrogens is 961 g/mol. The number of ether oxygens (including phenoxy) is 6. The lowest BCUT2D eigenvalue weighted by atomic mass is 9.76. The van der Waals surface area contributed by atoms with E-state index in [1.165, 1.54) is 34.8 Å². The van der Waals surface area contributed by atoms with Crippen LogP contribution in [-0.2, 0) is 55.8 Å². The molecule has 1 aromatic carbocycles. The number of nitrogens with one attached hydrogen (secondary N) is 2. The number of aromatic nitrogens is 3. The number of hydrogen-bond donors (Lipinski definition) is 2. The summed E-state index contributed by atoms with van der Waals surface area (Å²) >= 11 is 1.51. The van der Waals surface area contributed by atoms with Crippen molar-refractivity contribution in [1.29, 1.82) is 0 Å². The number of hydrazine groups is 1. The topological polar surface area (TPSA) is 171 Å². The molecule has 8 aliphatic rings. The average Bonchev–Trinajstić information content (AvgIpc) is 3.77. The number of benzene rings is 1. The molecule has 17 nitrogen and oxygen atoms in total. The lowest BCUT2D eigenvalue weighted by molar-refractivity contribution is -0.203. The molecule has 7 atom stereocenters. The Kier molecular flexibility index (Phi) is 14.0. The third-order valence-corrected chi connectivity index (χ3v) is 18.2. The second-order valence-electron chi connectivity index (χ2n) is 23.6. The zero-order valence-corrected chi connectivity index (χ0v) is 44.6. The minimum absolute atomic E-state index is 0.00741. The van der Waals surface area contributed by atoms with Crippen LogP contribution in [0.15, 0.2) is 35.8 Å². The van der Waals surface area contributed by atoms with Gasteiger partial charge in [-0.15, -0.1) is 11.3 Å². The van der Waals surface area contributed by atoms with Crippen molar-refractivity contribution < 1.29 is 42.8 Å². The maximum atomic E-state index is 15.2. The number of likely N-dealkylation sites (tertiary alicyclic amines) is 2. The highest BCUT2D eigenvalue weighted by Crippen LogP contribution is 2.47. The summed E-state index contributed by atoms with van der Waals surface area (Å²) in [5.74, 6) is -0.681. The number of hydrogen-bond acceptors (Lipinski definition) is 15. The van der Waals surface area contributed by atoms with Gasteiger partial charge in [-0.2, -0.15) is 0 Å².